The van der Waals surface area contributed by atoms with E-state index in [0.717, 1.165) is 24.2 Å². The molecular formula is C23H40O4S2. The van der Waals surface area contributed by atoms with Crippen molar-refractivity contribution in [1.29, 1.82) is 0 Å². The summed E-state index contributed by atoms with van der Waals surface area (Å²) in [6.07, 6.45) is 10.9. The smallest absolute Gasteiger partial charge is 0.181 e. The second-order valence-electron chi connectivity index (χ2n) is 7.49. The Balaban J connectivity index is 0.000000604. The first-order valence-electron chi connectivity index (χ1n) is 10.9. The normalized spacial score (nSPS) is 11.2. The largest absolute Gasteiger partial charge is 0.744 e. The molecule has 0 spiro atoms. The van der Waals surface area contributed by atoms with Crippen LogP contribution in [-0.2, 0) is 25.8 Å². The van der Waals surface area contributed by atoms with Crippen LogP contribution in [0, 0.1) is 6.92 Å². The highest BCUT2D eigenvalue weighted by Gasteiger charge is 2.20. The third-order valence-corrected chi connectivity index (χ3v) is 7.87. The van der Waals surface area contributed by atoms with E-state index in [1.54, 1.807) is 12.1 Å². The van der Waals surface area contributed by atoms with Crippen molar-refractivity contribution in [2.75, 3.05) is 17.3 Å². The van der Waals surface area contributed by atoms with Gasteiger partial charge in [-0.25, -0.2) is 8.42 Å². The molecule has 0 aromatic heterocycles. The van der Waals surface area contributed by atoms with Crippen LogP contribution in [0.15, 0.2) is 29.2 Å². The summed E-state index contributed by atoms with van der Waals surface area (Å²) in [7, 11) is -3.88. The first kappa shape index (κ1) is 28.1. The molecule has 0 aliphatic rings. The molecule has 0 saturated heterocycles. The standard InChI is InChI=1S/C16H33OS.C7H8O3S/c1-4-7-10-11-12-16(17)15-18(13-8-5-2)14-9-6-3;1-6-2-4-7(5-3-6)11(8,9)10/h4-15H2,1-3H3;2-5H,1H3,(H,8,9,10)/q+1;/p-1. The van der Waals surface area contributed by atoms with E-state index in [2.05, 4.69) is 20.8 Å². The number of Topliss-reactive ketones (excluding diaryl/α,β-unsaturated/α-hetero) is 1. The minimum atomic E-state index is -4.27. The molecule has 0 amide bonds. The van der Waals surface area contributed by atoms with Crippen LogP contribution < -0.4 is 0 Å². The average molecular weight is 445 g/mol. The fraction of sp³-hybridized carbons (Fsp3) is 0.696. The molecule has 0 unspecified atom stereocenters. The van der Waals surface area contributed by atoms with Crippen molar-refractivity contribution in [2.24, 2.45) is 0 Å². The third kappa shape index (κ3) is 15.6. The number of ketones is 1. The summed E-state index contributed by atoms with van der Waals surface area (Å²) in [5, 5.41) is 0. The summed E-state index contributed by atoms with van der Waals surface area (Å²) < 4.78 is 31.2. The van der Waals surface area contributed by atoms with Gasteiger partial charge in [0.2, 0.25) is 0 Å². The van der Waals surface area contributed by atoms with E-state index in [9.17, 15) is 17.8 Å². The lowest BCUT2D eigenvalue weighted by molar-refractivity contribution is -0.116. The summed E-state index contributed by atoms with van der Waals surface area (Å²) in [6.45, 7) is 8.53. The van der Waals surface area contributed by atoms with Gasteiger partial charge in [0, 0.05) is 6.42 Å². The van der Waals surface area contributed by atoms with Crippen LogP contribution in [0.25, 0.3) is 0 Å². The van der Waals surface area contributed by atoms with Gasteiger partial charge in [-0.05, 0) is 49.2 Å². The highest BCUT2D eigenvalue weighted by Crippen LogP contribution is 2.10. The van der Waals surface area contributed by atoms with Gasteiger partial charge in [-0.1, -0.05) is 70.6 Å². The summed E-state index contributed by atoms with van der Waals surface area (Å²) in [6, 6.07) is 5.78. The number of rotatable bonds is 14. The second-order valence-corrected chi connectivity index (χ2v) is 11.2. The molecule has 0 N–H and O–H groups in total. The molecule has 0 aliphatic heterocycles. The van der Waals surface area contributed by atoms with Crippen LogP contribution in [0.5, 0.6) is 0 Å². The van der Waals surface area contributed by atoms with Crippen molar-refractivity contribution in [2.45, 2.75) is 90.4 Å². The summed E-state index contributed by atoms with van der Waals surface area (Å²) in [5.41, 5.74) is 0.928. The molecule has 0 atom stereocenters. The zero-order valence-electron chi connectivity index (χ0n) is 18.7. The number of carbonyl (C=O) groups excluding carboxylic acids is 1. The van der Waals surface area contributed by atoms with Crippen molar-refractivity contribution < 1.29 is 17.8 Å². The maximum Gasteiger partial charge on any atom is 0.181 e. The van der Waals surface area contributed by atoms with Crippen molar-refractivity contribution in [1.82, 2.24) is 0 Å². The molecule has 0 aliphatic carbocycles. The van der Waals surface area contributed by atoms with Crippen LogP contribution in [0.2, 0.25) is 0 Å². The van der Waals surface area contributed by atoms with E-state index in [-0.39, 0.29) is 4.90 Å². The number of hydrogen-bond donors (Lipinski definition) is 0. The number of carbonyl (C=O) groups is 1. The minimum Gasteiger partial charge on any atom is -0.744 e. The molecule has 0 heterocycles. The Labute approximate surface area is 182 Å². The number of unbranched alkanes of at least 4 members (excludes halogenated alkanes) is 5. The summed E-state index contributed by atoms with van der Waals surface area (Å²) in [4.78, 5) is 11.8. The molecule has 1 rings (SSSR count). The Bertz CT molecular complexity index is 631. The zero-order chi connectivity index (χ0) is 22.1. The molecule has 0 fully saturated rings. The van der Waals surface area contributed by atoms with Crippen molar-refractivity contribution in [3.63, 3.8) is 0 Å². The lowest BCUT2D eigenvalue weighted by Crippen LogP contribution is -2.22. The van der Waals surface area contributed by atoms with Gasteiger partial charge in [-0.2, -0.15) is 0 Å². The fourth-order valence-electron chi connectivity index (χ4n) is 2.70. The van der Waals surface area contributed by atoms with Crippen LogP contribution >= 0.6 is 0 Å². The predicted molar refractivity (Wildman–Crippen MR) is 125 cm³/mol. The number of aryl methyl sites for hydroxylation is 1. The van der Waals surface area contributed by atoms with E-state index in [4.69, 9.17) is 0 Å². The van der Waals surface area contributed by atoms with Crippen LogP contribution in [0.3, 0.4) is 0 Å². The van der Waals surface area contributed by atoms with Gasteiger partial charge in [-0.15, -0.1) is 0 Å². The molecule has 0 radical (unpaired) electrons. The van der Waals surface area contributed by atoms with Gasteiger partial charge >= 0.3 is 0 Å². The average Bonchev–Trinajstić information content (AvgIpc) is 2.67. The van der Waals surface area contributed by atoms with Gasteiger partial charge in [0.25, 0.3) is 0 Å². The summed E-state index contributed by atoms with van der Waals surface area (Å²) >= 11 is 0. The molecule has 168 valence electrons. The Hall–Kier alpha value is -0.850. The van der Waals surface area contributed by atoms with E-state index in [1.165, 1.54) is 68.6 Å². The molecule has 1 aromatic carbocycles. The first-order valence-corrected chi connectivity index (χ1v) is 14.1. The number of benzene rings is 1. The SMILES string of the molecule is CCCCCCC(=O)C[S+](CCCC)CCCC.Cc1ccc(S(=O)(=O)[O-])cc1. The van der Waals surface area contributed by atoms with Crippen molar-refractivity contribution >= 4 is 26.8 Å². The van der Waals surface area contributed by atoms with Gasteiger partial charge < -0.3 is 4.55 Å². The van der Waals surface area contributed by atoms with Crippen LogP contribution in [-0.4, -0.2) is 36.0 Å². The quantitative estimate of drug-likeness (QED) is 0.211. The fourth-order valence-corrected chi connectivity index (χ4v) is 5.65. The van der Waals surface area contributed by atoms with E-state index < -0.39 is 10.1 Å². The highest BCUT2D eigenvalue weighted by molar-refractivity contribution is 7.97. The summed E-state index contributed by atoms with van der Waals surface area (Å²) in [5.74, 6) is 3.99. The molecule has 6 heteroatoms. The Kier molecular flexibility index (Phi) is 16.4. The lowest BCUT2D eigenvalue weighted by Gasteiger charge is -2.07. The lowest BCUT2D eigenvalue weighted by atomic mass is 10.1. The van der Waals surface area contributed by atoms with Gasteiger partial charge in [0.1, 0.15) is 21.6 Å². The maximum atomic E-state index is 11.9. The van der Waals surface area contributed by atoms with Gasteiger partial charge in [0.05, 0.1) is 4.90 Å². The molecule has 0 bridgehead atoms. The molecule has 1 aromatic rings. The van der Waals surface area contributed by atoms with Crippen LogP contribution in [0.1, 0.15) is 84.1 Å². The van der Waals surface area contributed by atoms with Crippen molar-refractivity contribution in [3.05, 3.63) is 29.8 Å². The maximum absolute atomic E-state index is 11.9. The topological polar surface area (TPSA) is 74.3 Å². The highest BCUT2D eigenvalue weighted by atomic mass is 32.2. The monoisotopic (exact) mass is 444 g/mol. The Morgan fingerprint density at radius 1 is 0.862 bits per heavy atom. The molecule has 4 nitrogen and oxygen atoms in total. The van der Waals surface area contributed by atoms with Gasteiger partial charge in [-0.3, -0.25) is 4.79 Å². The van der Waals surface area contributed by atoms with Gasteiger partial charge in [0.15, 0.2) is 11.5 Å². The molecule has 0 saturated carbocycles. The Morgan fingerprint density at radius 3 is 1.83 bits per heavy atom. The molecular weight excluding hydrogens is 404 g/mol. The minimum absolute atomic E-state index is 0.178. The predicted octanol–water partition coefficient (Wildman–Crippen LogP) is 5.64. The zero-order valence-corrected chi connectivity index (χ0v) is 20.4. The number of hydrogen-bond acceptors (Lipinski definition) is 4. The van der Waals surface area contributed by atoms with E-state index >= 15 is 0 Å². The Morgan fingerprint density at radius 2 is 1.38 bits per heavy atom. The molecule has 29 heavy (non-hydrogen) atoms. The third-order valence-electron chi connectivity index (χ3n) is 4.56. The van der Waals surface area contributed by atoms with E-state index in [1.807, 2.05) is 6.92 Å². The first-order chi connectivity index (χ1) is 13.7. The van der Waals surface area contributed by atoms with Crippen molar-refractivity contribution in [3.8, 4) is 0 Å². The van der Waals surface area contributed by atoms with Crippen LogP contribution in [0.4, 0.5) is 0 Å². The van der Waals surface area contributed by atoms with E-state index in [0.29, 0.717) is 16.7 Å². The second kappa shape index (κ2) is 16.9.